The van der Waals surface area contributed by atoms with E-state index in [-0.39, 0.29) is 0 Å². The Kier molecular flexibility index (Phi) is 3.41. The molecule has 0 unspecified atom stereocenters. The van der Waals surface area contributed by atoms with Gasteiger partial charge in [-0.05, 0) is 60.2 Å². The molecule has 2 aromatic carbocycles. The molecule has 1 aliphatic rings. The summed E-state index contributed by atoms with van der Waals surface area (Å²) in [5.41, 5.74) is 6.75. The maximum absolute atomic E-state index is 3.51. The van der Waals surface area contributed by atoms with Gasteiger partial charge in [0.25, 0.3) is 0 Å². The molecular formula is C17H20N2. The average Bonchev–Trinajstić information content (AvgIpc) is 2.93. The van der Waals surface area contributed by atoms with E-state index in [1.807, 2.05) is 7.05 Å². The molecule has 0 saturated carbocycles. The molecule has 0 fully saturated rings. The fourth-order valence-electron chi connectivity index (χ4n) is 2.68. The number of hydrogen-bond acceptors (Lipinski definition) is 2. The summed E-state index contributed by atoms with van der Waals surface area (Å²) in [6, 6.07) is 15.3. The summed E-state index contributed by atoms with van der Waals surface area (Å²) in [6.07, 6.45) is 3.80. The molecule has 0 radical (unpaired) electrons. The predicted octanol–water partition coefficient (Wildman–Crippen LogP) is 3.83. The van der Waals surface area contributed by atoms with E-state index in [1.54, 1.807) is 0 Å². The predicted molar refractivity (Wildman–Crippen MR) is 81.8 cm³/mol. The van der Waals surface area contributed by atoms with Gasteiger partial charge in [-0.3, -0.25) is 0 Å². The molecule has 2 N–H and O–H groups in total. The molecule has 0 aliphatic heterocycles. The Morgan fingerprint density at radius 1 is 0.895 bits per heavy atom. The molecule has 0 atom stereocenters. The van der Waals surface area contributed by atoms with Crippen LogP contribution in [-0.2, 0) is 19.4 Å². The lowest BCUT2D eigenvalue weighted by molar-refractivity contribution is 0.912. The van der Waals surface area contributed by atoms with Crippen molar-refractivity contribution in [2.24, 2.45) is 0 Å². The summed E-state index contributed by atoms with van der Waals surface area (Å²) in [6.45, 7) is 0.878. The molecule has 3 rings (SSSR count). The number of benzene rings is 2. The van der Waals surface area contributed by atoms with Gasteiger partial charge in [-0.25, -0.2) is 0 Å². The van der Waals surface area contributed by atoms with Crippen molar-refractivity contribution in [2.45, 2.75) is 25.8 Å². The molecule has 0 aromatic heterocycles. The summed E-state index contributed by atoms with van der Waals surface area (Å²) in [7, 11) is 1.94. The topological polar surface area (TPSA) is 24.1 Å². The lowest BCUT2D eigenvalue weighted by Gasteiger charge is -2.09. The van der Waals surface area contributed by atoms with Crippen LogP contribution in [0.25, 0.3) is 0 Å². The summed E-state index contributed by atoms with van der Waals surface area (Å²) in [4.78, 5) is 0. The first-order valence-electron chi connectivity index (χ1n) is 6.97. The SMILES string of the molecule is CNc1ccc(CNc2ccc3c(c2)CCC3)cc1. The van der Waals surface area contributed by atoms with Gasteiger partial charge >= 0.3 is 0 Å². The van der Waals surface area contributed by atoms with Crippen LogP contribution in [0.4, 0.5) is 11.4 Å². The van der Waals surface area contributed by atoms with Crippen molar-refractivity contribution in [1.82, 2.24) is 0 Å². The molecule has 2 nitrogen and oxygen atoms in total. The quantitative estimate of drug-likeness (QED) is 0.864. The molecule has 98 valence electrons. The normalized spacial score (nSPS) is 13.1. The summed E-state index contributed by atoms with van der Waals surface area (Å²) in [5, 5.41) is 6.64. The average molecular weight is 252 g/mol. The maximum Gasteiger partial charge on any atom is 0.0400 e. The van der Waals surface area contributed by atoms with Crippen molar-refractivity contribution in [2.75, 3.05) is 17.7 Å². The number of nitrogens with one attached hydrogen (secondary N) is 2. The second-order valence-electron chi connectivity index (χ2n) is 5.14. The molecular weight excluding hydrogens is 232 g/mol. The largest absolute Gasteiger partial charge is 0.388 e. The van der Waals surface area contributed by atoms with Gasteiger partial charge in [0, 0.05) is 25.0 Å². The minimum atomic E-state index is 0.878. The first-order chi connectivity index (χ1) is 9.35. The number of aryl methyl sites for hydroxylation is 2. The first kappa shape index (κ1) is 12.1. The summed E-state index contributed by atoms with van der Waals surface area (Å²) < 4.78 is 0. The number of anilines is 2. The smallest absolute Gasteiger partial charge is 0.0400 e. The molecule has 0 amide bonds. The summed E-state index contributed by atoms with van der Waals surface area (Å²) in [5.74, 6) is 0. The Morgan fingerprint density at radius 2 is 1.63 bits per heavy atom. The van der Waals surface area contributed by atoms with Crippen LogP contribution in [0.2, 0.25) is 0 Å². The lowest BCUT2D eigenvalue weighted by Crippen LogP contribution is -2.00. The first-order valence-corrected chi connectivity index (χ1v) is 6.97. The molecule has 1 aliphatic carbocycles. The Hall–Kier alpha value is -1.96. The van der Waals surface area contributed by atoms with Gasteiger partial charge in [0.1, 0.15) is 0 Å². The minimum Gasteiger partial charge on any atom is -0.388 e. The zero-order valence-electron chi connectivity index (χ0n) is 11.4. The van der Waals surface area contributed by atoms with E-state index in [1.165, 1.54) is 41.6 Å². The van der Waals surface area contributed by atoms with Crippen molar-refractivity contribution in [3.63, 3.8) is 0 Å². The lowest BCUT2D eigenvalue weighted by atomic mass is 10.1. The molecule has 0 heterocycles. The highest BCUT2D eigenvalue weighted by Gasteiger charge is 2.10. The number of hydrogen-bond donors (Lipinski definition) is 2. The van der Waals surface area contributed by atoms with E-state index >= 15 is 0 Å². The maximum atomic E-state index is 3.51. The van der Waals surface area contributed by atoms with Gasteiger partial charge in [-0.15, -0.1) is 0 Å². The second-order valence-corrected chi connectivity index (χ2v) is 5.14. The molecule has 19 heavy (non-hydrogen) atoms. The highest BCUT2D eigenvalue weighted by molar-refractivity contribution is 5.51. The Balaban J connectivity index is 1.65. The fraction of sp³-hybridized carbons (Fsp3) is 0.294. The van der Waals surface area contributed by atoms with Crippen molar-refractivity contribution in [3.05, 3.63) is 59.2 Å². The van der Waals surface area contributed by atoms with E-state index in [0.717, 1.165) is 12.2 Å². The third-order valence-electron chi connectivity index (χ3n) is 3.84. The van der Waals surface area contributed by atoms with Crippen LogP contribution in [0.5, 0.6) is 0 Å². The molecule has 2 aromatic rings. The van der Waals surface area contributed by atoms with Crippen LogP contribution in [0, 0.1) is 0 Å². The third-order valence-corrected chi connectivity index (χ3v) is 3.84. The van der Waals surface area contributed by atoms with Gasteiger partial charge in [0.2, 0.25) is 0 Å². The van der Waals surface area contributed by atoms with E-state index in [0.29, 0.717) is 0 Å². The zero-order valence-corrected chi connectivity index (χ0v) is 11.4. The van der Waals surface area contributed by atoms with E-state index in [4.69, 9.17) is 0 Å². The van der Waals surface area contributed by atoms with Crippen molar-refractivity contribution in [3.8, 4) is 0 Å². The second kappa shape index (κ2) is 5.35. The van der Waals surface area contributed by atoms with Crippen LogP contribution in [0.15, 0.2) is 42.5 Å². The fourth-order valence-corrected chi connectivity index (χ4v) is 2.68. The molecule has 2 heteroatoms. The van der Waals surface area contributed by atoms with Crippen LogP contribution < -0.4 is 10.6 Å². The van der Waals surface area contributed by atoms with E-state index < -0.39 is 0 Å². The van der Waals surface area contributed by atoms with Crippen LogP contribution in [0.1, 0.15) is 23.1 Å². The summed E-state index contributed by atoms with van der Waals surface area (Å²) >= 11 is 0. The van der Waals surface area contributed by atoms with E-state index in [9.17, 15) is 0 Å². The van der Waals surface area contributed by atoms with Crippen LogP contribution >= 0.6 is 0 Å². The van der Waals surface area contributed by atoms with Gasteiger partial charge in [-0.1, -0.05) is 18.2 Å². The standard InChI is InChI=1S/C17H20N2/c1-18-16-8-5-13(6-9-16)12-19-17-10-7-14-3-2-4-15(14)11-17/h5-11,18-19H,2-4,12H2,1H3. The van der Waals surface area contributed by atoms with Gasteiger partial charge in [0.05, 0.1) is 0 Å². The number of fused-ring (bicyclic) bond motifs is 1. The number of rotatable bonds is 4. The van der Waals surface area contributed by atoms with Crippen molar-refractivity contribution >= 4 is 11.4 Å². The highest BCUT2D eigenvalue weighted by atomic mass is 14.9. The molecule has 0 spiro atoms. The van der Waals surface area contributed by atoms with E-state index in [2.05, 4.69) is 53.1 Å². The van der Waals surface area contributed by atoms with Crippen LogP contribution in [0.3, 0.4) is 0 Å². The van der Waals surface area contributed by atoms with Crippen LogP contribution in [-0.4, -0.2) is 7.05 Å². The highest BCUT2D eigenvalue weighted by Crippen LogP contribution is 2.25. The Labute approximate surface area is 114 Å². The zero-order chi connectivity index (χ0) is 13.1. The van der Waals surface area contributed by atoms with Crippen molar-refractivity contribution < 1.29 is 0 Å². The Bertz CT molecular complexity index is 558. The van der Waals surface area contributed by atoms with Gasteiger partial charge in [-0.2, -0.15) is 0 Å². The van der Waals surface area contributed by atoms with Crippen molar-refractivity contribution in [1.29, 1.82) is 0 Å². The van der Waals surface area contributed by atoms with Gasteiger partial charge in [0.15, 0.2) is 0 Å². The minimum absolute atomic E-state index is 0.878. The molecule has 0 saturated heterocycles. The Morgan fingerprint density at radius 3 is 2.42 bits per heavy atom. The molecule has 0 bridgehead atoms. The monoisotopic (exact) mass is 252 g/mol. The third kappa shape index (κ3) is 2.73. The van der Waals surface area contributed by atoms with Gasteiger partial charge < -0.3 is 10.6 Å².